The van der Waals surface area contributed by atoms with Crippen LogP contribution < -0.4 is 16.6 Å². The molecule has 0 aliphatic heterocycles. The van der Waals surface area contributed by atoms with Crippen molar-refractivity contribution in [1.82, 2.24) is 10.7 Å². The Balaban J connectivity index is 2.48. The first-order valence-corrected chi connectivity index (χ1v) is 4.52. The summed E-state index contributed by atoms with van der Waals surface area (Å²) in [7, 11) is 0. The van der Waals surface area contributed by atoms with Crippen LogP contribution in [0.25, 0.3) is 0 Å². The minimum atomic E-state index is 0.293. The quantitative estimate of drug-likeness (QED) is 0.286. The van der Waals surface area contributed by atoms with E-state index in [1.54, 1.807) is 6.26 Å². The molecule has 0 atom stereocenters. The first-order valence-electron chi connectivity index (χ1n) is 4.52. The third-order valence-corrected chi connectivity index (χ3v) is 1.54. The Hall–Kier alpha value is -1.49. The van der Waals surface area contributed by atoms with Gasteiger partial charge in [0.05, 0.1) is 6.26 Å². The van der Waals surface area contributed by atoms with E-state index in [1.807, 2.05) is 26.0 Å². The lowest BCUT2D eigenvalue weighted by molar-refractivity contribution is 0.511. The SMILES string of the molecule is CC(C)NC(=NCc1ccco1)NN. The highest BCUT2D eigenvalue weighted by Gasteiger charge is 1.99. The standard InChI is InChI=1S/C9H16N4O/c1-7(2)12-9(13-10)11-6-8-4-3-5-14-8/h3-5,7H,6,10H2,1-2H3,(H2,11,12,13). The van der Waals surface area contributed by atoms with Gasteiger partial charge in [0.25, 0.3) is 0 Å². The topological polar surface area (TPSA) is 75.6 Å². The molecule has 1 aromatic rings. The molecule has 0 bridgehead atoms. The van der Waals surface area contributed by atoms with E-state index in [1.165, 1.54) is 0 Å². The van der Waals surface area contributed by atoms with Gasteiger partial charge in [0.15, 0.2) is 0 Å². The van der Waals surface area contributed by atoms with Gasteiger partial charge in [-0.1, -0.05) is 0 Å². The molecule has 0 radical (unpaired) electrons. The molecule has 1 rings (SSSR count). The molecule has 14 heavy (non-hydrogen) atoms. The van der Waals surface area contributed by atoms with Crippen LogP contribution >= 0.6 is 0 Å². The Morgan fingerprint density at radius 1 is 1.64 bits per heavy atom. The van der Waals surface area contributed by atoms with Crippen LogP contribution in [0.3, 0.4) is 0 Å². The Labute approximate surface area is 83.4 Å². The van der Waals surface area contributed by atoms with Gasteiger partial charge < -0.3 is 9.73 Å². The van der Waals surface area contributed by atoms with Crippen molar-refractivity contribution in [3.05, 3.63) is 24.2 Å². The zero-order chi connectivity index (χ0) is 10.4. The van der Waals surface area contributed by atoms with Gasteiger partial charge in [-0.25, -0.2) is 10.8 Å². The lowest BCUT2D eigenvalue weighted by Crippen LogP contribution is -2.44. The Morgan fingerprint density at radius 3 is 2.93 bits per heavy atom. The minimum Gasteiger partial charge on any atom is -0.467 e. The summed E-state index contributed by atoms with van der Waals surface area (Å²) in [5.74, 6) is 6.66. The predicted octanol–water partition coefficient (Wildman–Crippen LogP) is 0.597. The molecule has 5 nitrogen and oxygen atoms in total. The van der Waals surface area contributed by atoms with E-state index in [0.29, 0.717) is 18.5 Å². The zero-order valence-corrected chi connectivity index (χ0v) is 8.45. The second kappa shape index (κ2) is 5.29. The van der Waals surface area contributed by atoms with E-state index >= 15 is 0 Å². The van der Waals surface area contributed by atoms with Crippen molar-refractivity contribution in [2.24, 2.45) is 10.8 Å². The van der Waals surface area contributed by atoms with Crippen LogP contribution in [0.2, 0.25) is 0 Å². The number of aliphatic imine (C=N–C) groups is 1. The molecule has 78 valence electrons. The van der Waals surface area contributed by atoms with E-state index in [0.717, 1.165) is 5.76 Å². The van der Waals surface area contributed by atoms with E-state index in [4.69, 9.17) is 10.3 Å². The molecule has 0 fully saturated rings. The maximum atomic E-state index is 5.29. The van der Waals surface area contributed by atoms with Gasteiger partial charge in [-0.3, -0.25) is 5.43 Å². The predicted molar refractivity (Wildman–Crippen MR) is 55.4 cm³/mol. The van der Waals surface area contributed by atoms with E-state index < -0.39 is 0 Å². The Morgan fingerprint density at radius 2 is 2.43 bits per heavy atom. The van der Waals surface area contributed by atoms with Gasteiger partial charge in [-0.2, -0.15) is 0 Å². The molecule has 4 N–H and O–H groups in total. The molecule has 5 heteroatoms. The van der Waals surface area contributed by atoms with Crippen LogP contribution in [0.15, 0.2) is 27.8 Å². The van der Waals surface area contributed by atoms with Crippen molar-refractivity contribution >= 4 is 5.96 Å². The lowest BCUT2D eigenvalue weighted by atomic mass is 10.4. The van der Waals surface area contributed by atoms with Crippen LogP contribution in [0.1, 0.15) is 19.6 Å². The fourth-order valence-electron chi connectivity index (χ4n) is 0.966. The largest absolute Gasteiger partial charge is 0.467 e. The summed E-state index contributed by atoms with van der Waals surface area (Å²) in [6, 6.07) is 3.99. The number of guanidine groups is 1. The third-order valence-electron chi connectivity index (χ3n) is 1.54. The van der Waals surface area contributed by atoms with Crippen molar-refractivity contribution in [1.29, 1.82) is 0 Å². The van der Waals surface area contributed by atoms with Crippen LogP contribution in [-0.2, 0) is 6.54 Å². The van der Waals surface area contributed by atoms with Crippen molar-refractivity contribution in [2.45, 2.75) is 26.4 Å². The van der Waals surface area contributed by atoms with Gasteiger partial charge in [0, 0.05) is 6.04 Å². The minimum absolute atomic E-state index is 0.293. The fourth-order valence-corrected chi connectivity index (χ4v) is 0.966. The summed E-state index contributed by atoms with van der Waals surface area (Å²) in [5, 5.41) is 3.06. The number of furan rings is 1. The number of nitrogens with two attached hydrogens (primary N) is 1. The Kier molecular flexibility index (Phi) is 4.00. The number of rotatable bonds is 3. The molecule has 0 aliphatic carbocycles. The zero-order valence-electron chi connectivity index (χ0n) is 8.45. The lowest BCUT2D eigenvalue weighted by Gasteiger charge is -2.11. The normalized spacial score (nSPS) is 11.9. The van der Waals surface area contributed by atoms with Gasteiger partial charge in [0.1, 0.15) is 12.3 Å². The second-order valence-corrected chi connectivity index (χ2v) is 3.19. The summed E-state index contributed by atoms with van der Waals surface area (Å²) in [6.07, 6.45) is 1.62. The monoisotopic (exact) mass is 196 g/mol. The average Bonchev–Trinajstić information content (AvgIpc) is 2.64. The molecule has 0 saturated heterocycles. The highest BCUT2D eigenvalue weighted by molar-refractivity contribution is 5.79. The van der Waals surface area contributed by atoms with Crippen LogP contribution in [0.4, 0.5) is 0 Å². The van der Waals surface area contributed by atoms with Gasteiger partial charge in [-0.15, -0.1) is 0 Å². The number of nitrogens with zero attached hydrogens (tertiary/aromatic N) is 1. The molecule has 0 spiro atoms. The maximum Gasteiger partial charge on any atom is 0.206 e. The summed E-state index contributed by atoms with van der Waals surface area (Å²) in [5.41, 5.74) is 2.49. The highest BCUT2D eigenvalue weighted by Crippen LogP contribution is 2.00. The molecule has 0 unspecified atom stereocenters. The molecule has 1 heterocycles. The summed E-state index contributed by atoms with van der Waals surface area (Å²) in [6.45, 7) is 4.51. The van der Waals surface area contributed by atoms with Gasteiger partial charge in [0.2, 0.25) is 5.96 Å². The van der Waals surface area contributed by atoms with Gasteiger partial charge >= 0.3 is 0 Å². The molecule has 0 aliphatic rings. The van der Waals surface area contributed by atoms with Crippen molar-refractivity contribution < 1.29 is 4.42 Å². The molecule has 0 aromatic carbocycles. The number of nitrogens with one attached hydrogen (secondary N) is 2. The van der Waals surface area contributed by atoms with E-state index in [-0.39, 0.29) is 0 Å². The maximum absolute atomic E-state index is 5.29. The summed E-state index contributed by atoms with van der Waals surface area (Å²) in [4.78, 5) is 4.20. The second-order valence-electron chi connectivity index (χ2n) is 3.19. The molecule has 1 aromatic heterocycles. The first-order chi connectivity index (χ1) is 6.72. The van der Waals surface area contributed by atoms with Crippen molar-refractivity contribution in [3.63, 3.8) is 0 Å². The number of hydrogen-bond donors (Lipinski definition) is 3. The molecular formula is C9H16N4O. The van der Waals surface area contributed by atoms with Crippen LogP contribution in [-0.4, -0.2) is 12.0 Å². The first kappa shape index (κ1) is 10.6. The number of hydrogen-bond acceptors (Lipinski definition) is 3. The van der Waals surface area contributed by atoms with Crippen LogP contribution in [0.5, 0.6) is 0 Å². The molecule has 0 saturated carbocycles. The van der Waals surface area contributed by atoms with E-state index in [9.17, 15) is 0 Å². The molecular weight excluding hydrogens is 180 g/mol. The van der Waals surface area contributed by atoms with Crippen LogP contribution in [0, 0.1) is 0 Å². The fraction of sp³-hybridized carbons (Fsp3) is 0.444. The van der Waals surface area contributed by atoms with E-state index in [2.05, 4.69) is 15.7 Å². The average molecular weight is 196 g/mol. The van der Waals surface area contributed by atoms with Crippen molar-refractivity contribution in [3.8, 4) is 0 Å². The highest BCUT2D eigenvalue weighted by atomic mass is 16.3. The summed E-state index contributed by atoms with van der Waals surface area (Å²) < 4.78 is 5.13. The molecule has 0 amide bonds. The van der Waals surface area contributed by atoms with Crippen molar-refractivity contribution in [2.75, 3.05) is 0 Å². The Bertz CT molecular complexity index is 279. The third kappa shape index (κ3) is 3.49. The summed E-state index contributed by atoms with van der Waals surface area (Å²) >= 11 is 0. The number of hydrazine groups is 1. The van der Waals surface area contributed by atoms with Gasteiger partial charge in [-0.05, 0) is 26.0 Å². The smallest absolute Gasteiger partial charge is 0.206 e.